The topological polar surface area (TPSA) is 40.5 Å². The van der Waals surface area contributed by atoms with Crippen LogP contribution < -0.4 is 0 Å². The van der Waals surface area contributed by atoms with E-state index in [1.54, 1.807) is 0 Å². The van der Waals surface area contributed by atoms with E-state index in [0.29, 0.717) is 0 Å². The van der Waals surface area contributed by atoms with Gasteiger partial charge in [-0.25, -0.2) is 4.79 Å². The molecule has 0 atom stereocenters. The zero-order valence-corrected chi connectivity index (χ0v) is 10.7. The van der Waals surface area contributed by atoms with Crippen molar-refractivity contribution in [3.63, 3.8) is 0 Å². The van der Waals surface area contributed by atoms with Crippen molar-refractivity contribution in [1.82, 2.24) is 4.90 Å². The third-order valence-electron chi connectivity index (χ3n) is 3.31. The lowest BCUT2D eigenvalue weighted by Crippen LogP contribution is -2.30. The van der Waals surface area contributed by atoms with E-state index in [1.807, 2.05) is 0 Å². The molecule has 0 amide bonds. The van der Waals surface area contributed by atoms with E-state index >= 15 is 0 Å². The van der Waals surface area contributed by atoms with Gasteiger partial charge in [0.05, 0.1) is 0 Å². The SMILES string of the molecule is Cc1cccc(CN2CCC(=CC(=O)O)CC2)c1. The van der Waals surface area contributed by atoms with E-state index in [2.05, 4.69) is 36.1 Å². The molecule has 0 bridgehead atoms. The van der Waals surface area contributed by atoms with Crippen LogP contribution in [-0.4, -0.2) is 29.1 Å². The second kappa shape index (κ2) is 5.83. The number of carboxylic acid groups (broad SMARTS) is 1. The molecule has 18 heavy (non-hydrogen) atoms. The van der Waals surface area contributed by atoms with Gasteiger partial charge in [-0.05, 0) is 25.3 Å². The van der Waals surface area contributed by atoms with Gasteiger partial charge in [0.1, 0.15) is 0 Å². The summed E-state index contributed by atoms with van der Waals surface area (Å²) < 4.78 is 0. The van der Waals surface area contributed by atoms with Gasteiger partial charge in [0, 0.05) is 25.7 Å². The van der Waals surface area contributed by atoms with Gasteiger partial charge in [0.25, 0.3) is 0 Å². The maximum absolute atomic E-state index is 10.6. The maximum Gasteiger partial charge on any atom is 0.328 e. The Balaban J connectivity index is 1.89. The smallest absolute Gasteiger partial charge is 0.328 e. The van der Waals surface area contributed by atoms with Crippen molar-refractivity contribution < 1.29 is 9.90 Å². The van der Waals surface area contributed by atoms with Crippen molar-refractivity contribution >= 4 is 5.97 Å². The van der Waals surface area contributed by atoms with Crippen molar-refractivity contribution in [3.8, 4) is 0 Å². The van der Waals surface area contributed by atoms with Gasteiger partial charge in [-0.15, -0.1) is 0 Å². The lowest BCUT2D eigenvalue weighted by Gasteiger charge is -2.28. The Bertz CT molecular complexity index is 455. The molecule has 3 heteroatoms. The Morgan fingerprint density at radius 1 is 1.39 bits per heavy atom. The third kappa shape index (κ3) is 3.70. The number of benzene rings is 1. The van der Waals surface area contributed by atoms with Gasteiger partial charge in [-0.2, -0.15) is 0 Å². The summed E-state index contributed by atoms with van der Waals surface area (Å²) in [6, 6.07) is 8.55. The fourth-order valence-corrected chi connectivity index (χ4v) is 2.39. The zero-order chi connectivity index (χ0) is 13.0. The van der Waals surface area contributed by atoms with Crippen LogP contribution in [-0.2, 0) is 11.3 Å². The standard InChI is InChI=1S/C15H19NO2/c1-12-3-2-4-14(9-12)11-16-7-5-13(6-8-16)10-15(17)18/h2-4,9-10H,5-8,11H2,1H3,(H,17,18). The maximum atomic E-state index is 10.6. The molecular formula is C15H19NO2. The summed E-state index contributed by atoms with van der Waals surface area (Å²) in [6.07, 6.45) is 3.11. The molecule has 96 valence electrons. The highest BCUT2D eigenvalue weighted by atomic mass is 16.4. The lowest BCUT2D eigenvalue weighted by atomic mass is 10.0. The van der Waals surface area contributed by atoms with Gasteiger partial charge in [-0.3, -0.25) is 4.90 Å². The van der Waals surface area contributed by atoms with Crippen LogP contribution in [0.1, 0.15) is 24.0 Å². The molecule has 3 nitrogen and oxygen atoms in total. The van der Waals surface area contributed by atoms with Crippen LogP contribution in [0.4, 0.5) is 0 Å². The Hall–Kier alpha value is -1.61. The fourth-order valence-electron chi connectivity index (χ4n) is 2.39. The number of rotatable bonds is 3. The summed E-state index contributed by atoms with van der Waals surface area (Å²) in [5, 5.41) is 8.71. The van der Waals surface area contributed by atoms with Crippen molar-refractivity contribution in [3.05, 3.63) is 47.0 Å². The molecule has 0 aromatic heterocycles. The van der Waals surface area contributed by atoms with Gasteiger partial charge < -0.3 is 5.11 Å². The van der Waals surface area contributed by atoms with E-state index in [0.717, 1.165) is 38.0 Å². The molecular weight excluding hydrogens is 226 g/mol. The van der Waals surface area contributed by atoms with Crippen molar-refractivity contribution in [2.45, 2.75) is 26.3 Å². The number of likely N-dealkylation sites (tertiary alicyclic amines) is 1. The van der Waals surface area contributed by atoms with Gasteiger partial charge >= 0.3 is 5.97 Å². The van der Waals surface area contributed by atoms with Gasteiger partial charge in [0.2, 0.25) is 0 Å². The molecule has 0 aliphatic carbocycles. The summed E-state index contributed by atoms with van der Waals surface area (Å²) in [7, 11) is 0. The van der Waals surface area contributed by atoms with E-state index in [1.165, 1.54) is 17.2 Å². The quantitative estimate of drug-likeness (QED) is 0.832. The van der Waals surface area contributed by atoms with Crippen LogP contribution in [0.2, 0.25) is 0 Å². The average molecular weight is 245 g/mol. The Kier molecular flexibility index (Phi) is 4.15. The molecule has 1 aromatic carbocycles. The number of piperidine rings is 1. The second-order valence-electron chi connectivity index (χ2n) is 4.91. The number of aryl methyl sites for hydroxylation is 1. The molecule has 1 aliphatic heterocycles. The van der Waals surface area contributed by atoms with Crippen molar-refractivity contribution in [1.29, 1.82) is 0 Å². The highest BCUT2D eigenvalue weighted by molar-refractivity contribution is 5.80. The predicted molar refractivity (Wildman–Crippen MR) is 71.4 cm³/mol. The number of carbonyl (C=O) groups is 1. The average Bonchev–Trinajstić information content (AvgIpc) is 2.31. The number of aliphatic carboxylic acids is 1. The minimum absolute atomic E-state index is 0.822. The molecule has 1 saturated heterocycles. The van der Waals surface area contributed by atoms with Crippen LogP contribution in [0.15, 0.2) is 35.9 Å². The molecule has 1 aliphatic rings. The monoisotopic (exact) mass is 245 g/mol. The molecule has 1 N–H and O–H groups in total. The Morgan fingerprint density at radius 2 is 2.11 bits per heavy atom. The fraction of sp³-hybridized carbons (Fsp3) is 0.400. The van der Waals surface area contributed by atoms with Gasteiger partial charge in [0.15, 0.2) is 0 Å². The van der Waals surface area contributed by atoms with Crippen LogP contribution >= 0.6 is 0 Å². The largest absolute Gasteiger partial charge is 0.478 e. The second-order valence-corrected chi connectivity index (χ2v) is 4.91. The lowest BCUT2D eigenvalue weighted by molar-refractivity contribution is -0.131. The first-order chi connectivity index (χ1) is 8.63. The first kappa shape index (κ1) is 12.8. The predicted octanol–water partition coefficient (Wildman–Crippen LogP) is 2.60. The highest BCUT2D eigenvalue weighted by Crippen LogP contribution is 2.18. The van der Waals surface area contributed by atoms with E-state index in [-0.39, 0.29) is 0 Å². The zero-order valence-electron chi connectivity index (χ0n) is 10.7. The number of nitrogens with zero attached hydrogens (tertiary/aromatic N) is 1. The molecule has 0 radical (unpaired) electrons. The van der Waals surface area contributed by atoms with Crippen LogP contribution in [0, 0.1) is 6.92 Å². The molecule has 1 aromatic rings. The van der Waals surface area contributed by atoms with Crippen LogP contribution in [0.3, 0.4) is 0 Å². The Labute approximate surface area is 108 Å². The first-order valence-corrected chi connectivity index (χ1v) is 6.34. The minimum atomic E-state index is -0.822. The summed E-state index contributed by atoms with van der Waals surface area (Å²) in [4.78, 5) is 13.0. The molecule has 0 spiro atoms. The van der Waals surface area contributed by atoms with Crippen molar-refractivity contribution in [2.75, 3.05) is 13.1 Å². The Morgan fingerprint density at radius 3 is 2.72 bits per heavy atom. The van der Waals surface area contributed by atoms with Crippen LogP contribution in [0.5, 0.6) is 0 Å². The van der Waals surface area contributed by atoms with Gasteiger partial charge in [-0.1, -0.05) is 35.4 Å². The minimum Gasteiger partial charge on any atom is -0.478 e. The summed E-state index contributed by atoms with van der Waals surface area (Å²) in [5.74, 6) is -0.822. The number of carboxylic acids is 1. The highest BCUT2D eigenvalue weighted by Gasteiger charge is 2.14. The molecule has 1 heterocycles. The molecule has 1 fully saturated rings. The normalized spacial score (nSPS) is 16.6. The van der Waals surface area contributed by atoms with E-state index < -0.39 is 5.97 Å². The number of hydrogen-bond donors (Lipinski definition) is 1. The molecule has 2 rings (SSSR count). The molecule has 0 saturated carbocycles. The summed E-state index contributed by atoms with van der Waals surface area (Å²) >= 11 is 0. The third-order valence-corrected chi connectivity index (χ3v) is 3.31. The van der Waals surface area contributed by atoms with E-state index in [4.69, 9.17) is 5.11 Å². The molecule has 0 unspecified atom stereocenters. The number of hydrogen-bond acceptors (Lipinski definition) is 2. The van der Waals surface area contributed by atoms with Crippen LogP contribution in [0.25, 0.3) is 0 Å². The summed E-state index contributed by atoms with van der Waals surface area (Å²) in [5.41, 5.74) is 3.68. The van der Waals surface area contributed by atoms with E-state index in [9.17, 15) is 4.79 Å². The first-order valence-electron chi connectivity index (χ1n) is 6.34. The van der Waals surface area contributed by atoms with Crippen molar-refractivity contribution in [2.24, 2.45) is 0 Å². The summed E-state index contributed by atoms with van der Waals surface area (Å²) in [6.45, 7) is 4.97.